The Labute approximate surface area is 134 Å². The molecule has 1 aromatic rings. The standard InChI is InChI=1S/C16H28N4.ClH/c1-16(2,3)15-12(7-19(4)18-15)9-20-8-11-5-6-14(17)13(11)10-20;/h7,11,13-14H,5-6,8-10,17H2,1-4H3;1H. The Balaban J connectivity index is 0.00000161. The van der Waals surface area contributed by atoms with E-state index in [0.717, 1.165) is 18.4 Å². The Morgan fingerprint density at radius 2 is 2.00 bits per heavy atom. The second-order valence-electron chi connectivity index (χ2n) is 7.79. The molecule has 0 amide bonds. The van der Waals surface area contributed by atoms with Gasteiger partial charge in [-0.05, 0) is 24.7 Å². The number of halogens is 1. The number of hydrogen-bond acceptors (Lipinski definition) is 3. The smallest absolute Gasteiger partial charge is 0.0722 e. The highest BCUT2D eigenvalue weighted by atomic mass is 35.5. The third-order valence-electron chi connectivity index (χ3n) is 5.00. The van der Waals surface area contributed by atoms with E-state index in [9.17, 15) is 0 Å². The molecule has 1 aromatic heterocycles. The molecular weight excluding hydrogens is 284 g/mol. The maximum absolute atomic E-state index is 6.24. The van der Waals surface area contributed by atoms with E-state index >= 15 is 0 Å². The van der Waals surface area contributed by atoms with Crippen LogP contribution in [-0.4, -0.2) is 33.8 Å². The fourth-order valence-corrected chi connectivity index (χ4v) is 4.05. The number of aryl methyl sites for hydroxylation is 1. The van der Waals surface area contributed by atoms with Crippen LogP contribution in [0.25, 0.3) is 0 Å². The van der Waals surface area contributed by atoms with Crippen LogP contribution in [0.2, 0.25) is 0 Å². The number of nitrogens with zero attached hydrogens (tertiary/aromatic N) is 3. The summed E-state index contributed by atoms with van der Waals surface area (Å²) in [6.07, 6.45) is 4.74. The molecule has 1 aliphatic carbocycles. The molecule has 2 fully saturated rings. The molecule has 120 valence electrons. The zero-order valence-corrected chi connectivity index (χ0v) is 14.5. The van der Waals surface area contributed by atoms with Crippen molar-refractivity contribution in [2.75, 3.05) is 13.1 Å². The summed E-state index contributed by atoms with van der Waals surface area (Å²) in [6, 6.07) is 0.431. The number of likely N-dealkylation sites (tertiary alicyclic amines) is 1. The van der Waals surface area contributed by atoms with Crippen LogP contribution >= 0.6 is 12.4 Å². The first kappa shape index (κ1) is 16.8. The summed E-state index contributed by atoms with van der Waals surface area (Å²) in [4.78, 5) is 2.58. The van der Waals surface area contributed by atoms with Gasteiger partial charge in [-0.15, -0.1) is 12.4 Å². The molecule has 3 atom stereocenters. The largest absolute Gasteiger partial charge is 0.327 e. The molecule has 3 rings (SSSR count). The Kier molecular flexibility index (Phi) is 4.72. The molecule has 0 aromatic carbocycles. The first-order valence-electron chi connectivity index (χ1n) is 7.85. The van der Waals surface area contributed by atoms with Crippen molar-refractivity contribution >= 4 is 12.4 Å². The minimum absolute atomic E-state index is 0. The lowest BCUT2D eigenvalue weighted by atomic mass is 9.89. The Morgan fingerprint density at radius 3 is 2.62 bits per heavy atom. The number of rotatable bonds is 2. The molecule has 2 aliphatic rings. The second-order valence-corrected chi connectivity index (χ2v) is 7.79. The zero-order chi connectivity index (χ0) is 14.5. The Hall–Kier alpha value is -0.580. The van der Waals surface area contributed by atoms with Gasteiger partial charge >= 0.3 is 0 Å². The van der Waals surface area contributed by atoms with Gasteiger partial charge in [-0.2, -0.15) is 5.10 Å². The molecule has 2 N–H and O–H groups in total. The van der Waals surface area contributed by atoms with Crippen LogP contribution in [-0.2, 0) is 19.0 Å². The van der Waals surface area contributed by atoms with Crippen molar-refractivity contribution in [1.82, 2.24) is 14.7 Å². The normalized spacial score (nSPS) is 29.5. The molecule has 1 aliphatic heterocycles. The van der Waals surface area contributed by atoms with Crippen LogP contribution in [0.3, 0.4) is 0 Å². The molecule has 2 heterocycles. The van der Waals surface area contributed by atoms with Gasteiger partial charge < -0.3 is 5.73 Å². The first-order valence-corrected chi connectivity index (χ1v) is 7.85. The van der Waals surface area contributed by atoms with E-state index in [1.165, 1.54) is 37.2 Å². The summed E-state index contributed by atoms with van der Waals surface area (Å²) in [5.41, 5.74) is 8.97. The highest BCUT2D eigenvalue weighted by molar-refractivity contribution is 5.85. The van der Waals surface area contributed by atoms with Crippen molar-refractivity contribution in [3.8, 4) is 0 Å². The molecule has 3 unspecified atom stereocenters. The first-order chi connectivity index (χ1) is 9.34. The summed E-state index contributed by atoms with van der Waals surface area (Å²) in [5, 5.41) is 4.68. The molecule has 0 spiro atoms. The molecular formula is C16H29ClN4. The quantitative estimate of drug-likeness (QED) is 0.911. The van der Waals surface area contributed by atoms with Gasteiger partial charge in [0, 0.05) is 49.9 Å². The fourth-order valence-electron chi connectivity index (χ4n) is 4.05. The average Bonchev–Trinajstić information content (AvgIpc) is 2.97. The molecule has 0 radical (unpaired) electrons. The van der Waals surface area contributed by atoms with E-state index in [2.05, 4.69) is 37.0 Å². The summed E-state index contributed by atoms with van der Waals surface area (Å²) >= 11 is 0. The highest BCUT2D eigenvalue weighted by Gasteiger charge is 2.41. The van der Waals surface area contributed by atoms with E-state index in [0.29, 0.717) is 6.04 Å². The maximum atomic E-state index is 6.24. The number of nitrogens with two attached hydrogens (primary N) is 1. The molecule has 21 heavy (non-hydrogen) atoms. The van der Waals surface area contributed by atoms with E-state index in [1.54, 1.807) is 0 Å². The summed E-state index contributed by atoms with van der Waals surface area (Å²) in [7, 11) is 2.02. The fraction of sp³-hybridized carbons (Fsp3) is 0.812. The molecule has 1 saturated carbocycles. The maximum Gasteiger partial charge on any atom is 0.0722 e. The van der Waals surface area contributed by atoms with Gasteiger partial charge in [-0.3, -0.25) is 9.58 Å². The van der Waals surface area contributed by atoms with Gasteiger partial charge in [0.05, 0.1) is 5.69 Å². The lowest BCUT2D eigenvalue weighted by Gasteiger charge is -2.22. The second kappa shape index (κ2) is 5.90. The summed E-state index contributed by atoms with van der Waals surface area (Å²) < 4.78 is 1.96. The van der Waals surface area contributed by atoms with Crippen LogP contribution < -0.4 is 5.73 Å². The van der Waals surface area contributed by atoms with Crippen LogP contribution in [0.15, 0.2) is 6.20 Å². The van der Waals surface area contributed by atoms with E-state index < -0.39 is 0 Å². The van der Waals surface area contributed by atoms with Gasteiger partial charge in [0.1, 0.15) is 0 Å². The van der Waals surface area contributed by atoms with Crippen molar-refractivity contribution in [2.45, 2.75) is 51.6 Å². The Morgan fingerprint density at radius 1 is 1.29 bits per heavy atom. The van der Waals surface area contributed by atoms with Gasteiger partial charge in [0.15, 0.2) is 0 Å². The van der Waals surface area contributed by atoms with Crippen molar-refractivity contribution in [3.05, 3.63) is 17.5 Å². The van der Waals surface area contributed by atoms with E-state index in [1.807, 2.05) is 11.7 Å². The lowest BCUT2D eigenvalue weighted by molar-refractivity contribution is 0.296. The monoisotopic (exact) mass is 312 g/mol. The van der Waals surface area contributed by atoms with Crippen LogP contribution in [0.1, 0.15) is 44.9 Å². The number of hydrogen-bond donors (Lipinski definition) is 1. The molecule has 1 saturated heterocycles. The van der Waals surface area contributed by atoms with Crippen molar-refractivity contribution in [3.63, 3.8) is 0 Å². The zero-order valence-electron chi connectivity index (χ0n) is 13.7. The van der Waals surface area contributed by atoms with Gasteiger partial charge in [-0.1, -0.05) is 20.8 Å². The van der Waals surface area contributed by atoms with Gasteiger partial charge in [0.2, 0.25) is 0 Å². The van der Waals surface area contributed by atoms with E-state index in [-0.39, 0.29) is 17.8 Å². The molecule has 5 heteroatoms. The summed E-state index contributed by atoms with van der Waals surface area (Å²) in [6.45, 7) is 10.1. The minimum Gasteiger partial charge on any atom is -0.327 e. The summed E-state index contributed by atoms with van der Waals surface area (Å²) in [5.74, 6) is 1.56. The highest BCUT2D eigenvalue weighted by Crippen LogP contribution is 2.38. The van der Waals surface area contributed by atoms with Crippen molar-refractivity contribution < 1.29 is 0 Å². The van der Waals surface area contributed by atoms with Crippen LogP contribution in [0.4, 0.5) is 0 Å². The number of aromatic nitrogens is 2. The Bertz CT molecular complexity index is 491. The predicted octanol–water partition coefficient (Wildman–Crippen LogP) is 2.31. The SMILES string of the molecule is Cl.Cn1cc(CN2CC3CCC(N)C3C2)c(C(C)(C)C)n1. The molecule has 0 bridgehead atoms. The number of fused-ring (bicyclic) bond motifs is 1. The lowest BCUT2D eigenvalue weighted by Crippen LogP contribution is -2.30. The van der Waals surface area contributed by atoms with Crippen LogP contribution in [0, 0.1) is 11.8 Å². The van der Waals surface area contributed by atoms with E-state index in [4.69, 9.17) is 5.73 Å². The van der Waals surface area contributed by atoms with Gasteiger partial charge in [0.25, 0.3) is 0 Å². The van der Waals surface area contributed by atoms with Crippen LogP contribution in [0.5, 0.6) is 0 Å². The molecule has 4 nitrogen and oxygen atoms in total. The average molecular weight is 313 g/mol. The van der Waals surface area contributed by atoms with Gasteiger partial charge in [-0.25, -0.2) is 0 Å². The third kappa shape index (κ3) is 3.27. The third-order valence-corrected chi connectivity index (χ3v) is 5.00. The topological polar surface area (TPSA) is 47.1 Å². The van der Waals surface area contributed by atoms with Crippen molar-refractivity contribution in [1.29, 1.82) is 0 Å². The van der Waals surface area contributed by atoms with Crippen molar-refractivity contribution in [2.24, 2.45) is 24.6 Å². The minimum atomic E-state index is 0. The predicted molar refractivity (Wildman–Crippen MR) is 88.6 cm³/mol.